The number of benzene rings is 2. The summed E-state index contributed by atoms with van der Waals surface area (Å²) < 4.78 is 5.16. The van der Waals surface area contributed by atoms with Gasteiger partial charge in [-0.3, -0.25) is 4.79 Å². The van der Waals surface area contributed by atoms with Crippen LogP contribution >= 0.6 is 0 Å². The number of aryl methyl sites for hydroxylation is 1. The monoisotopic (exact) mass is 392 g/mol. The van der Waals surface area contributed by atoms with E-state index >= 15 is 0 Å². The maximum atomic E-state index is 11.9. The van der Waals surface area contributed by atoms with Crippen molar-refractivity contribution >= 4 is 12.0 Å². The van der Waals surface area contributed by atoms with Crippen LogP contribution < -0.4 is 10.6 Å². The Bertz CT molecular complexity index is 853. The van der Waals surface area contributed by atoms with Crippen LogP contribution in [-0.2, 0) is 16.1 Å². The molecule has 0 aliphatic heterocycles. The smallest absolute Gasteiger partial charge is 0.407 e. The van der Waals surface area contributed by atoms with E-state index in [4.69, 9.17) is 4.74 Å². The first-order valence-electron chi connectivity index (χ1n) is 9.80. The Morgan fingerprint density at radius 2 is 1.69 bits per heavy atom. The van der Waals surface area contributed by atoms with Crippen molar-refractivity contribution in [2.45, 2.75) is 33.3 Å². The number of alkyl carbamates (subject to hydrolysis) is 1. The molecular weight excluding hydrogens is 364 g/mol. The van der Waals surface area contributed by atoms with Crippen LogP contribution in [0.25, 0.3) is 0 Å². The minimum absolute atomic E-state index is 0.0393. The van der Waals surface area contributed by atoms with Gasteiger partial charge in [0.15, 0.2) is 0 Å². The second-order valence-electron chi connectivity index (χ2n) is 6.97. The summed E-state index contributed by atoms with van der Waals surface area (Å²) in [5.74, 6) is 6.20. The molecule has 0 aromatic heterocycles. The lowest BCUT2D eigenvalue weighted by atomic mass is 10.1. The highest BCUT2D eigenvalue weighted by Crippen LogP contribution is 2.05. The molecule has 0 heterocycles. The molecule has 2 amide bonds. The molecule has 152 valence electrons. The van der Waals surface area contributed by atoms with Crippen molar-refractivity contribution in [2.24, 2.45) is 5.92 Å². The normalized spacial score (nSPS) is 11.0. The third-order valence-electron chi connectivity index (χ3n) is 4.30. The van der Waals surface area contributed by atoms with Crippen molar-refractivity contribution in [3.05, 3.63) is 71.3 Å². The standard InChI is InChI=1S/C24H28N2O3/c1-19(17-26-24(28)29-18-21-11-4-3-5-12-21)16-25-23(27)15-9-8-14-22-13-7-6-10-20(22)2/h3-7,10-13,19H,9,15-18H2,1-2H3,(H,25,27)(H,26,28). The summed E-state index contributed by atoms with van der Waals surface area (Å²) in [6, 6.07) is 17.4. The molecule has 2 rings (SSSR count). The maximum absolute atomic E-state index is 11.9. The quantitative estimate of drug-likeness (QED) is 0.672. The highest BCUT2D eigenvalue weighted by molar-refractivity contribution is 5.76. The maximum Gasteiger partial charge on any atom is 0.407 e. The summed E-state index contributed by atoms with van der Waals surface area (Å²) in [6.45, 7) is 5.13. The first-order chi connectivity index (χ1) is 14.0. The first kappa shape index (κ1) is 22.0. The van der Waals surface area contributed by atoms with Gasteiger partial charge in [-0.25, -0.2) is 4.79 Å². The topological polar surface area (TPSA) is 67.4 Å². The van der Waals surface area contributed by atoms with E-state index in [1.165, 1.54) is 0 Å². The zero-order chi connectivity index (χ0) is 20.9. The van der Waals surface area contributed by atoms with E-state index in [1.807, 2.05) is 68.4 Å². The molecule has 0 spiro atoms. The largest absolute Gasteiger partial charge is 0.445 e. The lowest BCUT2D eigenvalue weighted by Crippen LogP contribution is -2.35. The molecule has 29 heavy (non-hydrogen) atoms. The van der Waals surface area contributed by atoms with E-state index < -0.39 is 6.09 Å². The first-order valence-corrected chi connectivity index (χ1v) is 9.80. The van der Waals surface area contributed by atoms with Crippen molar-refractivity contribution in [1.29, 1.82) is 0 Å². The minimum Gasteiger partial charge on any atom is -0.445 e. The van der Waals surface area contributed by atoms with E-state index in [0.29, 0.717) is 25.9 Å². The summed E-state index contributed by atoms with van der Waals surface area (Å²) in [6.07, 6.45) is 0.412. The second-order valence-corrected chi connectivity index (χ2v) is 6.97. The van der Waals surface area contributed by atoms with Crippen molar-refractivity contribution in [3.8, 4) is 11.8 Å². The molecule has 0 aliphatic carbocycles. The molecule has 0 saturated heterocycles. The molecule has 5 heteroatoms. The molecule has 2 N–H and O–H groups in total. The summed E-state index contributed by atoms with van der Waals surface area (Å²) in [5, 5.41) is 5.59. The minimum atomic E-state index is -0.460. The van der Waals surface area contributed by atoms with Crippen molar-refractivity contribution < 1.29 is 14.3 Å². The fourth-order valence-electron chi connectivity index (χ4n) is 2.53. The molecular formula is C24H28N2O3. The van der Waals surface area contributed by atoms with Crippen LogP contribution in [0.3, 0.4) is 0 Å². The van der Waals surface area contributed by atoms with Gasteiger partial charge in [-0.15, -0.1) is 0 Å². The molecule has 0 saturated carbocycles. The molecule has 0 bridgehead atoms. The predicted octanol–water partition coefficient (Wildman–Crippen LogP) is 3.81. The van der Waals surface area contributed by atoms with Gasteiger partial charge in [0.05, 0.1) is 0 Å². The van der Waals surface area contributed by atoms with Crippen LogP contribution in [0.1, 0.15) is 36.5 Å². The average molecular weight is 392 g/mol. The number of carbonyl (C=O) groups excluding carboxylic acids is 2. The Balaban J connectivity index is 1.57. The van der Waals surface area contributed by atoms with Gasteiger partial charge in [-0.2, -0.15) is 0 Å². The number of nitrogens with one attached hydrogen (secondary N) is 2. The summed E-state index contributed by atoms with van der Waals surface area (Å²) >= 11 is 0. The Hall–Kier alpha value is -3.26. The van der Waals surface area contributed by atoms with Crippen LogP contribution in [0.5, 0.6) is 0 Å². The molecule has 0 fully saturated rings. The van der Waals surface area contributed by atoms with Crippen molar-refractivity contribution in [3.63, 3.8) is 0 Å². The fraction of sp³-hybridized carbons (Fsp3) is 0.333. The van der Waals surface area contributed by atoms with Crippen LogP contribution in [0.4, 0.5) is 4.79 Å². The zero-order valence-corrected chi connectivity index (χ0v) is 17.0. The lowest BCUT2D eigenvalue weighted by Gasteiger charge is -2.13. The lowest BCUT2D eigenvalue weighted by molar-refractivity contribution is -0.121. The average Bonchev–Trinajstić information content (AvgIpc) is 2.74. The van der Waals surface area contributed by atoms with Gasteiger partial charge in [0.25, 0.3) is 0 Å². The van der Waals surface area contributed by atoms with Gasteiger partial charge in [0, 0.05) is 31.5 Å². The predicted molar refractivity (Wildman–Crippen MR) is 114 cm³/mol. The van der Waals surface area contributed by atoms with Gasteiger partial charge in [-0.1, -0.05) is 67.3 Å². The van der Waals surface area contributed by atoms with Gasteiger partial charge in [0.1, 0.15) is 6.61 Å². The highest BCUT2D eigenvalue weighted by Gasteiger charge is 2.08. The van der Waals surface area contributed by atoms with E-state index in [9.17, 15) is 9.59 Å². The molecule has 5 nitrogen and oxygen atoms in total. The van der Waals surface area contributed by atoms with Crippen LogP contribution in [-0.4, -0.2) is 25.1 Å². The third-order valence-corrected chi connectivity index (χ3v) is 4.30. The Labute approximate surface area is 172 Å². The van der Waals surface area contributed by atoms with E-state index in [0.717, 1.165) is 16.7 Å². The van der Waals surface area contributed by atoms with Crippen LogP contribution in [0.2, 0.25) is 0 Å². The van der Waals surface area contributed by atoms with Gasteiger partial charge in [-0.05, 0) is 30.0 Å². The summed E-state index contributed by atoms with van der Waals surface area (Å²) in [5.41, 5.74) is 3.06. The van der Waals surface area contributed by atoms with E-state index in [2.05, 4.69) is 22.5 Å². The number of amides is 2. The molecule has 2 aromatic carbocycles. The third kappa shape index (κ3) is 8.98. The van der Waals surface area contributed by atoms with E-state index in [-0.39, 0.29) is 18.4 Å². The summed E-state index contributed by atoms with van der Waals surface area (Å²) in [4.78, 5) is 23.7. The van der Waals surface area contributed by atoms with Crippen LogP contribution in [0, 0.1) is 24.7 Å². The van der Waals surface area contributed by atoms with Gasteiger partial charge < -0.3 is 15.4 Å². The number of rotatable bonds is 8. The number of hydrogen-bond acceptors (Lipinski definition) is 3. The number of ether oxygens (including phenoxy) is 1. The molecule has 2 aromatic rings. The van der Waals surface area contributed by atoms with Crippen molar-refractivity contribution in [1.82, 2.24) is 10.6 Å². The van der Waals surface area contributed by atoms with Gasteiger partial charge in [0.2, 0.25) is 5.91 Å². The SMILES string of the molecule is Cc1ccccc1C#CCCC(=O)NCC(C)CNC(=O)OCc1ccccc1. The Morgan fingerprint density at radius 1 is 1.00 bits per heavy atom. The van der Waals surface area contributed by atoms with Crippen LogP contribution in [0.15, 0.2) is 54.6 Å². The molecule has 0 aliphatic rings. The fourth-order valence-corrected chi connectivity index (χ4v) is 2.53. The van der Waals surface area contributed by atoms with Gasteiger partial charge >= 0.3 is 6.09 Å². The molecule has 1 unspecified atom stereocenters. The molecule has 0 radical (unpaired) electrons. The number of carbonyl (C=O) groups is 2. The van der Waals surface area contributed by atoms with E-state index in [1.54, 1.807) is 0 Å². The molecule has 1 atom stereocenters. The zero-order valence-electron chi connectivity index (χ0n) is 17.0. The second kappa shape index (κ2) is 12.2. The summed E-state index contributed by atoms with van der Waals surface area (Å²) in [7, 11) is 0. The highest BCUT2D eigenvalue weighted by atomic mass is 16.5. The Morgan fingerprint density at radius 3 is 2.45 bits per heavy atom. The number of hydrogen-bond donors (Lipinski definition) is 2. The van der Waals surface area contributed by atoms with Crippen molar-refractivity contribution in [2.75, 3.05) is 13.1 Å². The Kier molecular flexibility index (Phi) is 9.31.